The highest BCUT2D eigenvalue weighted by molar-refractivity contribution is 6.06. The van der Waals surface area contributed by atoms with Crippen LogP contribution in [0.2, 0.25) is 0 Å². The largest absolute Gasteiger partial charge is 0.495 e. The van der Waals surface area contributed by atoms with E-state index < -0.39 is 0 Å². The Hall–Kier alpha value is -3.22. The molecule has 0 radical (unpaired) electrons. The number of amides is 2. The Kier molecular flexibility index (Phi) is 6.65. The molecule has 0 heterocycles. The van der Waals surface area contributed by atoms with Crippen LogP contribution in [0.3, 0.4) is 0 Å². The predicted molar refractivity (Wildman–Crippen MR) is 103 cm³/mol. The smallest absolute Gasteiger partial charge is 0.255 e. The van der Waals surface area contributed by atoms with Gasteiger partial charge in [0.05, 0.1) is 26.5 Å². The molecule has 0 fully saturated rings. The fraction of sp³-hybridized carbons (Fsp3) is 0.300. The summed E-state index contributed by atoms with van der Waals surface area (Å²) in [6, 6.07) is 9.80. The lowest BCUT2D eigenvalue weighted by Crippen LogP contribution is -2.22. The van der Waals surface area contributed by atoms with E-state index in [2.05, 4.69) is 5.32 Å². The van der Waals surface area contributed by atoms with E-state index in [0.29, 0.717) is 40.7 Å². The molecular weight excluding hydrogens is 348 g/mol. The van der Waals surface area contributed by atoms with E-state index in [-0.39, 0.29) is 11.8 Å². The van der Waals surface area contributed by atoms with Gasteiger partial charge in [-0.25, -0.2) is 0 Å². The molecule has 0 aromatic heterocycles. The number of benzene rings is 2. The zero-order chi connectivity index (χ0) is 20.0. The Labute approximate surface area is 158 Å². The fourth-order valence-electron chi connectivity index (χ4n) is 2.47. The topological polar surface area (TPSA) is 77.1 Å². The lowest BCUT2D eigenvalue weighted by atomic mass is 10.1. The van der Waals surface area contributed by atoms with Crippen molar-refractivity contribution >= 4 is 17.5 Å². The Morgan fingerprint density at radius 2 is 1.56 bits per heavy atom. The molecule has 2 aromatic rings. The van der Waals surface area contributed by atoms with Gasteiger partial charge in [0.2, 0.25) is 0 Å². The van der Waals surface area contributed by atoms with E-state index in [1.807, 2.05) is 6.92 Å². The number of nitrogens with zero attached hydrogens (tertiary/aromatic N) is 1. The lowest BCUT2D eigenvalue weighted by molar-refractivity contribution is 0.0827. The number of carbonyl (C=O) groups excluding carboxylic acids is 2. The van der Waals surface area contributed by atoms with Gasteiger partial charge in [0.1, 0.15) is 5.75 Å². The number of methoxy groups -OCH3 is 2. The zero-order valence-electron chi connectivity index (χ0n) is 16.2. The van der Waals surface area contributed by atoms with Gasteiger partial charge in [-0.1, -0.05) is 0 Å². The normalized spacial score (nSPS) is 10.1. The standard InChI is InChI=1S/C20H24N2O5/c1-6-27-17-10-7-13(12-18(17)26-5)19(23)21-15-11-14(20(24)22(2)3)8-9-16(15)25-4/h7-12H,6H2,1-5H3,(H,21,23). The Morgan fingerprint density at radius 3 is 2.15 bits per heavy atom. The van der Waals surface area contributed by atoms with Crippen molar-refractivity contribution in [1.29, 1.82) is 0 Å². The van der Waals surface area contributed by atoms with Crippen LogP contribution in [0.5, 0.6) is 17.2 Å². The first-order valence-electron chi connectivity index (χ1n) is 8.43. The van der Waals surface area contributed by atoms with Gasteiger partial charge in [-0.05, 0) is 43.3 Å². The van der Waals surface area contributed by atoms with E-state index in [1.54, 1.807) is 50.5 Å². The van der Waals surface area contributed by atoms with Crippen molar-refractivity contribution in [2.45, 2.75) is 6.92 Å². The molecule has 0 saturated heterocycles. The summed E-state index contributed by atoms with van der Waals surface area (Å²) in [6.45, 7) is 2.36. The molecule has 2 amide bonds. The number of anilines is 1. The monoisotopic (exact) mass is 372 g/mol. The van der Waals surface area contributed by atoms with Gasteiger partial charge >= 0.3 is 0 Å². The van der Waals surface area contributed by atoms with Crippen LogP contribution < -0.4 is 19.5 Å². The van der Waals surface area contributed by atoms with Gasteiger partial charge in [0, 0.05) is 25.2 Å². The van der Waals surface area contributed by atoms with Crippen LogP contribution in [0.15, 0.2) is 36.4 Å². The van der Waals surface area contributed by atoms with Crippen molar-refractivity contribution in [2.75, 3.05) is 40.2 Å². The SMILES string of the molecule is CCOc1ccc(C(=O)Nc2cc(C(=O)N(C)C)ccc2OC)cc1OC. The molecule has 0 atom stereocenters. The number of hydrogen-bond acceptors (Lipinski definition) is 5. The van der Waals surface area contributed by atoms with Crippen LogP contribution in [-0.4, -0.2) is 51.6 Å². The Morgan fingerprint density at radius 1 is 0.926 bits per heavy atom. The van der Waals surface area contributed by atoms with Crippen LogP contribution in [0, 0.1) is 0 Å². The quantitative estimate of drug-likeness (QED) is 0.808. The van der Waals surface area contributed by atoms with E-state index in [4.69, 9.17) is 14.2 Å². The van der Waals surface area contributed by atoms with E-state index in [1.165, 1.54) is 19.1 Å². The number of ether oxygens (including phenoxy) is 3. The molecule has 0 aliphatic heterocycles. The molecule has 0 spiro atoms. The van der Waals surface area contributed by atoms with Crippen LogP contribution in [-0.2, 0) is 0 Å². The first kappa shape index (κ1) is 20.1. The van der Waals surface area contributed by atoms with Gasteiger partial charge in [-0.3, -0.25) is 9.59 Å². The molecule has 7 heteroatoms. The summed E-state index contributed by atoms with van der Waals surface area (Å²) >= 11 is 0. The third-order valence-corrected chi connectivity index (χ3v) is 3.83. The van der Waals surface area contributed by atoms with E-state index in [0.717, 1.165) is 0 Å². The van der Waals surface area contributed by atoms with Crippen molar-refractivity contribution < 1.29 is 23.8 Å². The molecule has 27 heavy (non-hydrogen) atoms. The first-order chi connectivity index (χ1) is 12.9. The number of rotatable bonds is 7. The highest BCUT2D eigenvalue weighted by atomic mass is 16.5. The molecule has 0 unspecified atom stereocenters. The highest BCUT2D eigenvalue weighted by Crippen LogP contribution is 2.30. The summed E-state index contributed by atoms with van der Waals surface area (Å²) in [5, 5.41) is 2.78. The highest BCUT2D eigenvalue weighted by Gasteiger charge is 2.16. The number of carbonyl (C=O) groups is 2. The maximum absolute atomic E-state index is 12.7. The van der Waals surface area contributed by atoms with Crippen LogP contribution >= 0.6 is 0 Å². The van der Waals surface area contributed by atoms with Crippen molar-refractivity contribution in [3.63, 3.8) is 0 Å². The second-order valence-corrected chi connectivity index (χ2v) is 5.87. The Balaban J connectivity index is 2.31. The van der Waals surface area contributed by atoms with E-state index in [9.17, 15) is 9.59 Å². The minimum absolute atomic E-state index is 0.170. The summed E-state index contributed by atoms with van der Waals surface area (Å²) in [5.74, 6) is 0.956. The molecule has 2 rings (SSSR count). The van der Waals surface area contributed by atoms with Crippen molar-refractivity contribution in [2.24, 2.45) is 0 Å². The molecule has 2 aromatic carbocycles. The number of nitrogens with one attached hydrogen (secondary N) is 1. The minimum Gasteiger partial charge on any atom is -0.495 e. The van der Waals surface area contributed by atoms with Crippen LogP contribution in [0.1, 0.15) is 27.6 Å². The second-order valence-electron chi connectivity index (χ2n) is 5.87. The van der Waals surface area contributed by atoms with Gasteiger partial charge in [-0.2, -0.15) is 0 Å². The third kappa shape index (κ3) is 4.69. The average Bonchev–Trinajstić information content (AvgIpc) is 2.67. The van der Waals surface area contributed by atoms with Crippen molar-refractivity contribution in [3.05, 3.63) is 47.5 Å². The molecule has 0 bridgehead atoms. The summed E-state index contributed by atoms with van der Waals surface area (Å²) in [4.78, 5) is 26.3. The van der Waals surface area contributed by atoms with Crippen LogP contribution in [0.25, 0.3) is 0 Å². The van der Waals surface area contributed by atoms with Gasteiger partial charge in [0.25, 0.3) is 11.8 Å². The predicted octanol–water partition coefficient (Wildman–Crippen LogP) is 3.06. The second kappa shape index (κ2) is 8.93. The molecule has 144 valence electrons. The van der Waals surface area contributed by atoms with Crippen molar-refractivity contribution in [3.8, 4) is 17.2 Å². The summed E-state index contributed by atoms with van der Waals surface area (Å²) in [7, 11) is 6.34. The molecule has 1 N–H and O–H groups in total. The summed E-state index contributed by atoms with van der Waals surface area (Å²) < 4.78 is 16.0. The Bertz CT molecular complexity index is 833. The minimum atomic E-state index is -0.357. The molecular formula is C20H24N2O5. The first-order valence-corrected chi connectivity index (χ1v) is 8.43. The average molecular weight is 372 g/mol. The van der Waals surface area contributed by atoms with Gasteiger partial charge in [0.15, 0.2) is 11.5 Å². The maximum atomic E-state index is 12.7. The molecule has 0 aliphatic carbocycles. The molecule has 0 saturated carbocycles. The zero-order valence-corrected chi connectivity index (χ0v) is 16.2. The molecule has 0 aliphatic rings. The summed E-state index contributed by atoms with van der Waals surface area (Å²) in [5.41, 5.74) is 1.24. The number of hydrogen-bond donors (Lipinski definition) is 1. The lowest BCUT2D eigenvalue weighted by Gasteiger charge is -2.15. The van der Waals surface area contributed by atoms with Crippen LogP contribution in [0.4, 0.5) is 5.69 Å². The summed E-state index contributed by atoms with van der Waals surface area (Å²) in [6.07, 6.45) is 0. The van der Waals surface area contributed by atoms with E-state index >= 15 is 0 Å². The van der Waals surface area contributed by atoms with Gasteiger partial charge in [-0.15, -0.1) is 0 Å². The molecule has 7 nitrogen and oxygen atoms in total. The van der Waals surface area contributed by atoms with Gasteiger partial charge < -0.3 is 24.4 Å². The fourth-order valence-corrected chi connectivity index (χ4v) is 2.47. The van der Waals surface area contributed by atoms with Crippen molar-refractivity contribution in [1.82, 2.24) is 4.90 Å². The third-order valence-electron chi connectivity index (χ3n) is 3.83. The maximum Gasteiger partial charge on any atom is 0.255 e.